The first-order valence-corrected chi connectivity index (χ1v) is 9.26. The van der Waals surface area contributed by atoms with Gasteiger partial charge in [-0.1, -0.05) is 37.1 Å². The van der Waals surface area contributed by atoms with E-state index in [1.54, 1.807) is 0 Å². The van der Waals surface area contributed by atoms with Crippen LogP contribution in [0.1, 0.15) is 49.3 Å². The van der Waals surface area contributed by atoms with Crippen molar-refractivity contribution >= 4 is 10.3 Å². The van der Waals surface area contributed by atoms with Crippen molar-refractivity contribution in [2.24, 2.45) is 11.1 Å². The Kier molecular flexibility index (Phi) is 4.29. The summed E-state index contributed by atoms with van der Waals surface area (Å²) in [6.45, 7) is 2.13. The van der Waals surface area contributed by atoms with Crippen LogP contribution >= 0.6 is 0 Å². The molecule has 1 aliphatic heterocycles. The summed E-state index contributed by atoms with van der Waals surface area (Å²) < 4.78 is 33.6. The van der Waals surface area contributed by atoms with E-state index in [9.17, 15) is 8.42 Å². The molecule has 0 radical (unpaired) electrons. The molecule has 1 saturated heterocycles. The number of nitrogens with two attached hydrogens (primary N) is 1. The van der Waals surface area contributed by atoms with Crippen molar-refractivity contribution in [2.45, 2.75) is 50.7 Å². The van der Waals surface area contributed by atoms with E-state index in [-0.39, 0.29) is 24.2 Å². The Hall–Kier alpha value is -0.950. The lowest BCUT2D eigenvalue weighted by molar-refractivity contribution is -0.0439. The van der Waals surface area contributed by atoms with Crippen LogP contribution < -0.4 is 5.14 Å². The van der Waals surface area contributed by atoms with Crippen LogP contribution in [0.15, 0.2) is 24.3 Å². The average molecular weight is 325 g/mol. The van der Waals surface area contributed by atoms with Crippen LogP contribution in [0.2, 0.25) is 0 Å². The molecule has 6 heteroatoms. The Balaban J connectivity index is 1.85. The highest BCUT2D eigenvalue weighted by Gasteiger charge is 2.48. The summed E-state index contributed by atoms with van der Waals surface area (Å²) >= 11 is 0. The Bertz CT molecular complexity index is 637. The number of ether oxygens (including phenoxy) is 1. The van der Waals surface area contributed by atoms with Gasteiger partial charge in [0.2, 0.25) is 0 Å². The molecule has 1 spiro atoms. The van der Waals surface area contributed by atoms with Gasteiger partial charge in [-0.2, -0.15) is 8.42 Å². The van der Waals surface area contributed by atoms with Crippen molar-refractivity contribution in [3.63, 3.8) is 0 Å². The summed E-state index contributed by atoms with van der Waals surface area (Å²) in [6, 6.07) is 8.09. The zero-order valence-corrected chi connectivity index (χ0v) is 13.6. The molecule has 0 bridgehead atoms. The number of hydrogen-bond acceptors (Lipinski definition) is 4. The molecule has 0 unspecified atom stereocenters. The van der Waals surface area contributed by atoms with Gasteiger partial charge in [-0.05, 0) is 37.3 Å². The van der Waals surface area contributed by atoms with Crippen molar-refractivity contribution in [1.29, 1.82) is 0 Å². The second kappa shape index (κ2) is 5.92. The smallest absolute Gasteiger partial charge is 0.333 e. The molecule has 2 N–H and O–H groups in total. The van der Waals surface area contributed by atoms with Crippen LogP contribution in [0.3, 0.4) is 0 Å². The molecule has 1 saturated carbocycles. The minimum atomic E-state index is -3.92. The first kappa shape index (κ1) is 15.9. The summed E-state index contributed by atoms with van der Waals surface area (Å²) in [4.78, 5) is 0. The molecule has 0 amide bonds. The topological polar surface area (TPSA) is 78.6 Å². The van der Waals surface area contributed by atoms with Crippen molar-refractivity contribution in [1.82, 2.24) is 0 Å². The first-order valence-electron chi connectivity index (χ1n) is 7.79. The van der Waals surface area contributed by atoms with Crippen LogP contribution in [-0.4, -0.2) is 20.6 Å². The molecule has 1 aromatic carbocycles. The summed E-state index contributed by atoms with van der Waals surface area (Å²) in [7, 11) is -3.92. The third kappa shape index (κ3) is 3.35. The number of hydrogen-bond donors (Lipinski definition) is 1. The van der Waals surface area contributed by atoms with Gasteiger partial charge in [-0.25, -0.2) is 5.14 Å². The minimum absolute atomic E-state index is 0.0116. The molecule has 1 aliphatic carbocycles. The van der Waals surface area contributed by atoms with Crippen LogP contribution in [0.25, 0.3) is 0 Å². The normalized spacial score (nSPS) is 27.5. The molecule has 2 aliphatic rings. The van der Waals surface area contributed by atoms with E-state index in [0.717, 1.165) is 30.4 Å². The van der Waals surface area contributed by atoms with Gasteiger partial charge in [0.1, 0.15) is 0 Å². The number of aryl methyl sites for hydroxylation is 1. The highest BCUT2D eigenvalue weighted by atomic mass is 32.2. The molecular weight excluding hydrogens is 302 g/mol. The lowest BCUT2D eigenvalue weighted by atomic mass is 9.88. The minimum Gasteiger partial charge on any atom is -0.367 e. The van der Waals surface area contributed by atoms with Gasteiger partial charge < -0.3 is 4.74 Å². The maximum atomic E-state index is 11.1. The van der Waals surface area contributed by atoms with Crippen molar-refractivity contribution in [3.05, 3.63) is 35.4 Å². The quantitative estimate of drug-likeness (QED) is 0.923. The van der Waals surface area contributed by atoms with Gasteiger partial charge >= 0.3 is 10.3 Å². The first-order chi connectivity index (χ1) is 10.4. The van der Waals surface area contributed by atoms with E-state index in [2.05, 4.69) is 19.1 Å². The van der Waals surface area contributed by atoms with Crippen molar-refractivity contribution in [2.75, 3.05) is 6.61 Å². The Morgan fingerprint density at radius 3 is 2.64 bits per heavy atom. The van der Waals surface area contributed by atoms with E-state index in [0.29, 0.717) is 0 Å². The Morgan fingerprint density at radius 2 is 2.00 bits per heavy atom. The van der Waals surface area contributed by atoms with Crippen LogP contribution in [0.5, 0.6) is 0 Å². The SMILES string of the molecule is Cc1ccccc1[C@@H]1OC2(CCCC2)C[C@H]1COS(N)(=O)=O. The van der Waals surface area contributed by atoms with Crippen LogP contribution in [-0.2, 0) is 19.2 Å². The second-order valence-electron chi connectivity index (χ2n) is 6.53. The summed E-state index contributed by atoms with van der Waals surface area (Å²) in [6.07, 6.45) is 5.14. The van der Waals surface area contributed by atoms with Crippen molar-refractivity contribution < 1.29 is 17.3 Å². The number of benzene rings is 1. The molecule has 2 atom stereocenters. The highest BCUT2D eigenvalue weighted by Crippen LogP contribution is 2.51. The van der Waals surface area contributed by atoms with Crippen LogP contribution in [0, 0.1) is 12.8 Å². The third-order valence-electron chi connectivity index (χ3n) is 4.90. The molecule has 0 aromatic heterocycles. The lowest BCUT2D eigenvalue weighted by Crippen LogP contribution is -2.24. The summed E-state index contributed by atoms with van der Waals surface area (Å²) in [5, 5.41) is 4.98. The standard InChI is InChI=1S/C16H23NO4S/c1-12-6-2-3-7-14(12)15-13(11-20-22(17,18)19)10-16(21-15)8-4-5-9-16/h2-3,6-7,13,15H,4-5,8-11H2,1H3,(H2,17,18,19)/t13-,15+/m0/s1. The second-order valence-corrected chi connectivity index (χ2v) is 7.75. The number of rotatable bonds is 4. The maximum Gasteiger partial charge on any atom is 0.333 e. The monoisotopic (exact) mass is 325 g/mol. The fourth-order valence-electron chi connectivity index (χ4n) is 3.89. The summed E-state index contributed by atoms with van der Waals surface area (Å²) in [5.74, 6) is 0.0116. The molecule has 122 valence electrons. The van der Waals surface area contributed by atoms with Gasteiger partial charge in [-0.3, -0.25) is 4.18 Å². The Morgan fingerprint density at radius 1 is 1.32 bits per heavy atom. The van der Waals surface area contributed by atoms with E-state index in [1.807, 2.05) is 12.1 Å². The van der Waals surface area contributed by atoms with Gasteiger partial charge in [-0.15, -0.1) is 0 Å². The molecule has 2 fully saturated rings. The predicted octanol–water partition coefficient (Wildman–Crippen LogP) is 2.61. The third-order valence-corrected chi connectivity index (χ3v) is 5.36. The molecule has 1 aromatic rings. The van der Waals surface area contributed by atoms with E-state index < -0.39 is 10.3 Å². The highest BCUT2D eigenvalue weighted by molar-refractivity contribution is 7.84. The van der Waals surface area contributed by atoms with Gasteiger partial charge in [0.15, 0.2) is 0 Å². The van der Waals surface area contributed by atoms with Crippen molar-refractivity contribution in [3.8, 4) is 0 Å². The average Bonchev–Trinajstić information content (AvgIpc) is 3.04. The van der Waals surface area contributed by atoms with Gasteiger partial charge in [0, 0.05) is 5.92 Å². The molecule has 5 nitrogen and oxygen atoms in total. The molecule has 1 heterocycles. The van der Waals surface area contributed by atoms with Gasteiger partial charge in [0.05, 0.1) is 18.3 Å². The van der Waals surface area contributed by atoms with Crippen LogP contribution in [0.4, 0.5) is 0 Å². The maximum absolute atomic E-state index is 11.1. The van der Waals surface area contributed by atoms with E-state index >= 15 is 0 Å². The summed E-state index contributed by atoms with van der Waals surface area (Å²) in [5.41, 5.74) is 2.16. The Labute approximate surface area is 132 Å². The van der Waals surface area contributed by atoms with E-state index in [1.165, 1.54) is 12.8 Å². The zero-order valence-electron chi connectivity index (χ0n) is 12.8. The molecule has 3 rings (SSSR count). The van der Waals surface area contributed by atoms with Gasteiger partial charge in [0.25, 0.3) is 0 Å². The fraction of sp³-hybridized carbons (Fsp3) is 0.625. The van der Waals surface area contributed by atoms with E-state index in [4.69, 9.17) is 14.1 Å². The fourth-order valence-corrected chi connectivity index (χ4v) is 4.26. The predicted molar refractivity (Wildman–Crippen MR) is 83.4 cm³/mol. The molecule has 22 heavy (non-hydrogen) atoms. The lowest BCUT2D eigenvalue weighted by Gasteiger charge is -2.24. The molecular formula is C16H23NO4S. The largest absolute Gasteiger partial charge is 0.367 e. The zero-order chi connectivity index (χ0) is 15.8.